The first-order chi connectivity index (χ1) is 9.95. The smallest absolute Gasteiger partial charge is 0.240 e. The molecule has 0 heterocycles. The minimum atomic E-state index is -3.81. The molecule has 0 aromatic heterocycles. The summed E-state index contributed by atoms with van der Waals surface area (Å²) >= 11 is 0. The van der Waals surface area contributed by atoms with Gasteiger partial charge in [0.1, 0.15) is 4.90 Å². The first-order valence-corrected chi connectivity index (χ1v) is 8.24. The maximum atomic E-state index is 11.5. The van der Waals surface area contributed by atoms with Crippen LogP contribution < -0.4 is 16.2 Å². The van der Waals surface area contributed by atoms with Crippen LogP contribution in [0.15, 0.2) is 47.4 Å². The van der Waals surface area contributed by atoms with Gasteiger partial charge in [0, 0.05) is 6.04 Å². The molecule has 0 saturated carbocycles. The van der Waals surface area contributed by atoms with Crippen molar-refractivity contribution in [2.24, 2.45) is 5.14 Å². The third-order valence-corrected chi connectivity index (χ3v) is 4.75. The highest BCUT2D eigenvalue weighted by molar-refractivity contribution is 7.89. The Hall–Kier alpha value is -2.05. The van der Waals surface area contributed by atoms with Crippen LogP contribution in [-0.4, -0.2) is 14.5 Å². The van der Waals surface area contributed by atoms with Crippen LogP contribution in [0.1, 0.15) is 11.1 Å². The molecule has 5 nitrogen and oxygen atoms in total. The van der Waals surface area contributed by atoms with Gasteiger partial charge in [-0.25, -0.2) is 13.6 Å². The van der Waals surface area contributed by atoms with Crippen molar-refractivity contribution in [2.45, 2.75) is 23.8 Å². The van der Waals surface area contributed by atoms with Crippen LogP contribution in [0, 0.1) is 0 Å². The number of benzene rings is 2. The molecular formula is C15H17N3O2S. The standard InChI is InChI=1S/C15H17N3O2S/c16-15-13(6-3-7-14(15)21(17,19)20)18-12-8-10-4-1-2-5-11(10)9-12/h1-7,12,18H,8-9,16H2,(H2,17,19,20). The SMILES string of the molecule is Nc1c(NC2Cc3ccccc3C2)cccc1S(N)(=O)=O. The van der Waals surface area contributed by atoms with E-state index in [2.05, 4.69) is 17.4 Å². The highest BCUT2D eigenvalue weighted by Crippen LogP contribution is 2.29. The van der Waals surface area contributed by atoms with Crippen molar-refractivity contribution in [1.82, 2.24) is 0 Å². The van der Waals surface area contributed by atoms with E-state index in [0.29, 0.717) is 5.69 Å². The second kappa shape index (κ2) is 5.05. The summed E-state index contributed by atoms with van der Waals surface area (Å²) in [7, 11) is -3.81. The molecule has 5 N–H and O–H groups in total. The fraction of sp³-hybridized carbons (Fsp3) is 0.200. The van der Waals surface area contributed by atoms with E-state index in [-0.39, 0.29) is 16.6 Å². The molecule has 0 bridgehead atoms. The van der Waals surface area contributed by atoms with Crippen molar-refractivity contribution in [1.29, 1.82) is 0 Å². The van der Waals surface area contributed by atoms with Crippen molar-refractivity contribution in [3.63, 3.8) is 0 Å². The highest BCUT2D eigenvalue weighted by Gasteiger charge is 2.22. The van der Waals surface area contributed by atoms with Crippen molar-refractivity contribution in [3.05, 3.63) is 53.6 Å². The van der Waals surface area contributed by atoms with E-state index in [1.807, 2.05) is 12.1 Å². The molecule has 1 aliphatic rings. The van der Waals surface area contributed by atoms with Crippen LogP contribution in [0.4, 0.5) is 11.4 Å². The lowest BCUT2D eigenvalue weighted by Gasteiger charge is -2.17. The average molecular weight is 303 g/mol. The summed E-state index contributed by atoms with van der Waals surface area (Å²) in [5, 5.41) is 8.49. The molecule has 3 rings (SSSR count). The van der Waals surface area contributed by atoms with Crippen molar-refractivity contribution >= 4 is 21.4 Å². The zero-order valence-corrected chi connectivity index (χ0v) is 12.2. The second-order valence-electron chi connectivity index (χ2n) is 5.28. The van der Waals surface area contributed by atoms with Gasteiger partial charge >= 0.3 is 0 Å². The van der Waals surface area contributed by atoms with E-state index in [9.17, 15) is 8.42 Å². The molecule has 1 aliphatic carbocycles. The van der Waals surface area contributed by atoms with Gasteiger partial charge in [0.05, 0.1) is 11.4 Å². The first-order valence-electron chi connectivity index (χ1n) is 6.70. The lowest BCUT2D eigenvalue weighted by Crippen LogP contribution is -2.21. The lowest BCUT2D eigenvalue weighted by atomic mass is 10.1. The normalized spacial score (nSPS) is 14.9. The number of sulfonamides is 1. The zero-order chi connectivity index (χ0) is 15.0. The van der Waals surface area contributed by atoms with Gasteiger partial charge in [-0.15, -0.1) is 0 Å². The van der Waals surface area contributed by atoms with Gasteiger partial charge in [0.25, 0.3) is 0 Å². The zero-order valence-electron chi connectivity index (χ0n) is 11.4. The van der Waals surface area contributed by atoms with E-state index in [1.165, 1.54) is 17.2 Å². The van der Waals surface area contributed by atoms with Gasteiger partial charge in [-0.2, -0.15) is 0 Å². The predicted molar refractivity (Wildman–Crippen MR) is 83.5 cm³/mol. The Morgan fingerprint density at radius 2 is 1.62 bits per heavy atom. The molecule has 0 fully saturated rings. The Morgan fingerprint density at radius 3 is 2.19 bits per heavy atom. The molecule has 0 amide bonds. The van der Waals surface area contributed by atoms with E-state index >= 15 is 0 Å². The van der Waals surface area contributed by atoms with Crippen molar-refractivity contribution < 1.29 is 8.42 Å². The maximum absolute atomic E-state index is 11.5. The first kappa shape index (κ1) is 13.9. The molecule has 2 aromatic carbocycles. The topological polar surface area (TPSA) is 98.2 Å². The Kier molecular flexibility index (Phi) is 3.35. The molecule has 110 valence electrons. The second-order valence-corrected chi connectivity index (χ2v) is 6.81. The number of nitrogens with one attached hydrogen (secondary N) is 1. The van der Waals surface area contributed by atoms with E-state index in [1.54, 1.807) is 12.1 Å². The molecule has 0 saturated heterocycles. The Labute approximate surface area is 124 Å². The van der Waals surface area contributed by atoms with E-state index < -0.39 is 10.0 Å². The molecule has 0 atom stereocenters. The molecule has 6 heteroatoms. The van der Waals surface area contributed by atoms with Crippen LogP contribution in [0.5, 0.6) is 0 Å². The van der Waals surface area contributed by atoms with Gasteiger partial charge in [-0.1, -0.05) is 30.3 Å². The predicted octanol–water partition coefficient (Wildman–Crippen LogP) is 1.50. The van der Waals surface area contributed by atoms with Crippen LogP contribution in [0.3, 0.4) is 0 Å². The summed E-state index contributed by atoms with van der Waals surface area (Å²) in [6, 6.07) is 13.3. The van der Waals surface area contributed by atoms with Gasteiger partial charge < -0.3 is 11.1 Å². The number of para-hydroxylation sites is 1. The monoisotopic (exact) mass is 303 g/mol. The molecular weight excluding hydrogens is 286 g/mol. The summed E-state index contributed by atoms with van der Waals surface area (Å²) in [5.74, 6) is 0. The molecule has 0 unspecified atom stereocenters. The van der Waals surface area contributed by atoms with Crippen molar-refractivity contribution in [2.75, 3.05) is 11.1 Å². The van der Waals surface area contributed by atoms with Gasteiger partial charge in [0.2, 0.25) is 10.0 Å². The molecule has 0 spiro atoms. The van der Waals surface area contributed by atoms with Gasteiger partial charge in [0.15, 0.2) is 0 Å². The van der Waals surface area contributed by atoms with Gasteiger partial charge in [-0.3, -0.25) is 0 Å². The third-order valence-electron chi connectivity index (χ3n) is 3.78. The minimum absolute atomic E-state index is 0.0389. The minimum Gasteiger partial charge on any atom is -0.396 e. The Balaban J connectivity index is 1.85. The average Bonchev–Trinajstić information content (AvgIpc) is 2.82. The summed E-state index contributed by atoms with van der Waals surface area (Å²) in [5.41, 5.74) is 9.35. The number of rotatable bonds is 3. The Bertz CT molecular complexity index is 762. The van der Waals surface area contributed by atoms with Crippen LogP contribution in [-0.2, 0) is 22.9 Å². The Morgan fingerprint density at radius 1 is 1.00 bits per heavy atom. The number of nitrogens with two attached hydrogens (primary N) is 2. The number of anilines is 2. The molecule has 0 aliphatic heterocycles. The van der Waals surface area contributed by atoms with Gasteiger partial charge in [-0.05, 0) is 36.1 Å². The lowest BCUT2D eigenvalue weighted by molar-refractivity contribution is 0.598. The van der Waals surface area contributed by atoms with Crippen LogP contribution in [0.2, 0.25) is 0 Å². The highest BCUT2D eigenvalue weighted by atomic mass is 32.2. The number of primary sulfonamides is 1. The number of hydrogen-bond acceptors (Lipinski definition) is 4. The quantitative estimate of drug-likeness (QED) is 0.748. The van der Waals surface area contributed by atoms with E-state index in [4.69, 9.17) is 10.9 Å². The number of hydrogen-bond donors (Lipinski definition) is 3. The van der Waals surface area contributed by atoms with Crippen LogP contribution in [0.25, 0.3) is 0 Å². The summed E-state index contributed by atoms with van der Waals surface area (Å²) in [6.45, 7) is 0. The van der Waals surface area contributed by atoms with E-state index in [0.717, 1.165) is 12.8 Å². The fourth-order valence-electron chi connectivity index (χ4n) is 2.80. The largest absolute Gasteiger partial charge is 0.396 e. The fourth-order valence-corrected chi connectivity index (χ4v) is 3.48. The van der Waals surface area contributed by atoms with Crippen LogP contribution >= 0.6 is 0 Å². The maximum Gasteiger partial charge on any atom is 0.240 e. The molecule has 0 radical (unpaired) electrons. The third kappa shape index (κ3) is 2.72. The summed E-state index contributed by atoms with van der Waals surface area (Å²) < 4.78 is 23.0. The van der Waals surface area contributed by atoms with Crippen molar-refractivity contribution in [3.8, 4) is 0 Å². The number of nitrogen functional groups attached to an aromatic ring is 1. The molecule has 2 aromatic rings. The number of fused-ring (bicyclic) bond motifs is 1. The summed E-state index contributed by atoms with van der Waals surface area (Å²) in [6.07, 6.45) is 1.80. The molecule has 21 heavy (non-hydrogen) atoms. The summed E-state index contributed by atoms with van der Waals surface area (Å²) in [4.78, 5) is -0.0389.